The predicted octanol–water partition coefficient (Wildman–Crippen LogP) is 2.51. The van der Waals surface area contributed by atoms with Crippen LogP contribution < -0.4 is 5.32 Å². The van der Waals surface area contributed by atoms with E-state index < -0.39 is 29.8 Å². The Morgan fingerprint density at radius 3 is 2.42 bits per heavy atom. The Hall–Kier alpha value is -2.16. The third-order valence-corrected chi connectivity index (χ3v) is 5.48. The van der Waals surface area contributed by atoms with Gasteiger partial charge in [0.15, 0.2) is 0 Å². The Morgan fingerprint density at radius 1 is 1.23 bits per heavy atom. The summed E-state index contributed by atoms with van der Waals surface area (Å²) in [5, 5.41) is 13.1. The first-order valence-electron chi connectivity index (χ1n) is 10.6. The Balaban J connectivity index is 2.06. The number of likely N-dealkylation sites (tertiary alicyclic amines) is 1. The normalized spacial score (nSPS) is 22.0. The van der Waals surface area contributed by atoms with E-state index in [2.05, 4.69) is 5.32 Å². The van der Waals surface area contributed by atoms with Crippen LogP contribution in [0.25, 0.3) is 0 Å². The van der Waals surface area contributed by atoms with Gasteiger partial charge >= 0.3 is 6.09 Å². The molecule has 1 fully saturated rings. The number of benzene rings is 1. The molecule has 1 aromatic carbocycles. The van der Waals surface area contributed by atoms with Crippen LogP contribution in [-0.2, 0) is 19.0 Å². The summed E-state index contributed by atoms with van der Waals surface area (Å²) in [7, 11) is 3.13. The molecule has 0 radical (unpaired) electrons. The summed E-state index contributed by atoms with van der Waals surface area (Å²) < 4.78 is 16.7. The molecule has 0 aromatic heterocycles. The highest BCUT2D eigenvalue weighted by molar-refractivity contribution is 5.79. The fraction of sp³-hybridized carbons (Fsp3) is 0.652. The van der Waals surface area contributed by atoms with Crippen LogP contribution in [0.3, 0.4) is 0 Å². The van der Waals surface area contributed by atoms with E-state index in [9.17, 15) is 14.7 Å². The van der Waals surface area contributed by atoms with Crippen LogP contribution in [0.1, 0.15) is 45.8 Å². The summed E-state index contributed by atoms with van der Waals surface area (Å²) in [5.41, 5.74) is 0.0972. The molecule has 8 heteroatoms. The SMILES string of the molecule is CO[C@@H]1C[C@@H]([C@H](OC)[C@@H](C)C(=O)NCC(O)c2ccccc2)N(C(=O)OC(C)(C)C)C1. The number of nitrogens with zero attached hydrogens (tertiary/aromatic N) is 1. The zero-order valence-corrected chi connectivity index (χ0v) is 19.3. The molecule has 0 bridgehead atoms. The smallest absolute Gasteiger partial charge is 0.410 e. The van der Waals surface area contributed by atoms with E-state index in [1.165, 1.54) is 7.11 Å². The van der Waals surface area contributed by atoms with Gasteiger partial charge in [0.05, 0.1) is 36.8 Å². The number of rotatable bonds is 8. The molecule has 1 aliphatic rings. The molecule has 0 aliphatic carbocycles. The number of amides is 2. The topological polar surface area (TPSA) is 97.3 Å². The molecule has 2 rings (SSSR count). The molecule has 8 nitrogen and oxygen atoms in total. The molecule has 2 N–H and O–H groups in total. The molecule has 1 aromatic rings. The zero-order chi connectivity index (χ0) is 23.2. The van der Waals surface area contributed by atoms with Crippen molar-refractivity contribution in [2.45, 2.75) is 64.1 Å². The van der Waals surface area contributed by atoms with Crippen molar-refractivity contribution in [1.82, 2.24) is 10.2 Å². The van der Waals surface area contributed by atoms with Crippen LogP contribution in [0.15, 0.2) is 30.3 Å². The minimum absolute atomic E-state index is 0.0881. The predicted molar refractivity (Wildman–Crippen MR) is 117 cm³/mol. The van der Waals surface area contributed by atoms with Crippen molar-refractivity contribution in [2.75, 3.05) is 27.3 Å². The molecule has 1 unspecified atom stereocenters. The number of aliphatic hydroxyl groups is 1. The minimum Gasteiger partial charge on any atom is -0.444 e. The molecular weight excluding hydrogens is 400 g/mol. The van der Waals surface area contributed by atoms with Crippen LogP contribution in [0.4, 0.5) is 4.79 Å². The summed E-state index contributed by atoms with van der Waals surface area (Å²) in [6, 6.07) is 8.78. The Labute approximate surface area is 184 Å². The van der Waals surface area contributed by atoms with Crippen LogP contribution in [-0.4, -0.2) is 73.2 Å². The van der Waals surface area contributed by atoms with E-state index in [4.69, 9.17) is 14.2 Å². The highest BCUT2D eigenvalue weighted by Crippen LogP contribution is 2.29. The van der Waals surface area contributed by atoms with Crippen LogP contribution in [0.2, 0.25) is 0 Å². The molecule has 0 spiro atoms. The Bertz CT molecular complexity index is 721. The van der Waals surface area contributed by atoms with Crippen molar-refractivity contribution < 1.29 is 28.9 Å². The maximum atomic E-state index is 12.8. The lowest BCUT2D eigenvalue weighted by Gasteiger charge is -2.34. The molecule has 31 heavy (non-hydrogen) atoms. The molecule has 1 saturated heterocycles. The second-order valence-electron chi connectivity index (χ2n) is 8.95. The molecule has 0 saturated carbocycles. The Kier molecular flexibility index (Phi) is 8.85. The summed E-state index contributed by atoms with van der Waals surface area (Å²) in [6.45, 7) is 7.65. The van der Waals surface area contributed by atoms with E-state index in [1.807, 2.05) is 39.0 Å². The Morgan fingerprint density at radius 2 is 1.87 bits per heavy atom. The van der Waals surface area contributed by atoms with Crippen molar-refractivity contribution in [1.29, 1.82) is 0 Å². The number of nitrogens with one attached hydrogen (secondary N) is 1. The summed E-state index contributed by atoms with van der Waals surface area (Å²) in [4.78, 5) is 27.2. The maximum absolute atomic E-state index is 12.8. The number of aliphatic hydroxyl groups excluding tert-OH is 1. The van der Waals surface area contributed by atoms with Gasteiger partial charge in [-0.15, -0.1) is 0 Å². The average Bonchev–Trinajstić information content (AvgIpc) is 3.16. The third-order valence-electron chi connectivity index (χ3n) is 5.48. The summed E-state index contributed by atoms with van der Waals surface area (Å²) in [6.07, 6.45) is -1.43. The zero-order valence-electron chi connectivity index (χ0n) is 19.3. The van der Waals surface area contributed by atoms with Gasteiger partial charge < -0.3 is 24.6 Å². The number of carbonyl (C=O) groups is 2. The van der Waals surface area contributed by atoms with Crippen molar-refractivity contribution in [3.05, 3.63) is 35.9 Å². The monoisotopic (exact) mass is 436 g/mol. The van der Waals surface area contributed by atoms with E-state index in [-0.39, 0.29) is 24.6 Å². The number of hydrogen-bond donors (Lipinski definition) is 2. The largest absolute Gasteiger partial charge is 0.444 e. The molecule has 1 aliphatic heterocycles. The van der Waals surface area contributed by atoms with Gasteiger partial charge in [0.1, 0.15) is 5.60 Å². The van der Waals surface area contributed by atoms with Gasteiger partial charge in [0.25, 0.3) is 0 Å². The minimum atomic E-state index is -0.805. The third kappa shape index (κ3) is 6.92. The molecule has 2 amide bonds. The number of hydrogen-bond acceptors (Lipinski definition) is 6. The molecule has 5 atom stereocenters. The summed E-state index contributed by atoms with van der Waals surface area (Å²) >= 11 is 0. The van der Waals surface area contributed by atoms with Gasteiger partial charge in [-0.2, -0.15) is 0 Å². The molecule has 1 heterocycles. The van der Waals surface area contributed by atoms with Crippen molar-refractivity contribution >= 4 is 12.0 Å². The van der Waals surface area contributed by atoms with Gasteiger partial charge in [0, 0.05) is 20.8 Å². The fourth-order valence-corrected chi connectivity index (χ4v) is 3.83. The highest BCUT2D eigenvalue weighted by atomic mass is 16.6. The lowest BCUT2D eigenvalue weighted by atomic mass is 9.94. The maximum Gasteiger partial charge on any atom is 0.410 e. The molecule has 174 valence electrons. The number of carbonyl (C=O) groups excluding carboxylic acids is 2. The van der Waals surface area contributed by atoms with Crippen molar-refractivity contribution in [3.63, 3.8) is 0 Å². The van der Waals surface area contributed by atoms with Gasteiger partial charge in [-0.3, -0.25) is 9.69 Å². The van der Waals surface area contributed by atoms with Gasteiger partial charge in [-0.25, -0.2) is 4.79 Å². The quantitative estimate of drug-likeness (QED) is 0.650. The lowest BCUT2D eigenvalue weighted by molar-refractivity contribution is -0.131. The van der Waals surface area contributed by atoms with E-state index >= 15 is 0 Å². The number of ether oxygens (including phenoxy) is 3. The number of methoxy groups -OCH3 is 2. The average molecular weight is 437 g/mol. The highest BCUT2D eigenvalue weighted by Gasteiger charge is 2.45. The molecular formula is C23H36N2O6. The van der Waals surface area contributed by atoms with E-state index in [1.54, 1.807) is 31.1 Å². The standard InChI is InChI=1S/C23H36N2O6/c1-15(21(27)24-13-19(26)16-10-8-7-9-11-16)20(30-6)18-12-17(29-5)14-25(18)22(28)31-23(2,3)4/h7-11,15,17-20,26H,12-14H2,1-6H3,(H,24,27)/t15-,17-,18+,19?,20-/m1/s1. The van der Waals surface area contributed by atoms with Crippen molar-refractivity contribution in [2.24, 2.45) is 5.92 Å². The van der Waals surface area contributed by atoms with Gasteiger partial charge in [0.2, 0.25) is 5.91 Å². The first-order valence-corrected chi connectivity index (χ1v) is 10.6. The van der Waals surface area contributed by atoms with Crippen molar-refractivity contribution in [3.8, 4) is 0 Å². The van der Waals surface area contributed by atoms with Gasteiger partial charge in [-0.1, -0.05) is 37.3 Å². The second kappa shape index (κ2) is 10.9. The van der Waals surface area contributed by atoms with Crippen LogP contribution in [0, 0.1) is 5.92 Å². The second-order valence-corrected chi connectivity index (χ2v) is 8.95. The summed E-state index contributed by atoms with van der Waals surface area (Å²) in [5.74, 6) is -0.814. The van der Waals surface area contributed by atoms with Crippen LogP contribution >= 0.6 is 0 Å². The first kappa shape index (κ1) is 25.1. The van der Waals surface area contributed by atoms with Crippen LogP contribution in [0.5, 0.6) is 0 Å². The van der Waals surface area contributed by atoms with E-state index in [0.717, 1.165) is 5.56 Å². The van der Waals surface area contributed by atoms with E-state index in [0.29, 0.717) is 13.0 Å². The fourth-order valence-electron chi connectivity index (χ4n) is 3.83. The lowest BCUT2D eigenvalue weighted by Crippen LogP contribution is -2.51. The first-order chi connectivity index (χ1) is 14.6. The van der Waals surface area contributed by atoms with Gasteiger partial charge in [-0.05, 0) is 32.8 Å².